The number of ether oxygens (including phenoxy) is 1. The lowest BCUT2D eigenvalue weighted by Crippen LogP contribution is -2.00. The van der Waals surface area contributed by atoms with E-state index >= 15 is 0 Å². The van der Waals surface area contributed by atoms with Crippen LogP contribution in [0, 0.1) is 0 Å². The molecule has 0 radical (unpaired) electrons. The normalized spacial score (nSPS) is 10.7. The van der Waals surface area contributed by atoms with E-state index in [0.717, 1.165) is 22.8 Å². The van der Waals surface area contributed by atoms with Crippen LogP contribution in [0.2, 0.25) is 5.02 Å². The van der Waals surface area contributed by atoms with Crippen LogP contribution < -0.4 is 10.1 Å². The average Bonchev–Trinajstić information content (AvgIpc) is 2.89. The van der Waals surface area contributed by atoms with Gasteiger partial charge in [0.25, 0.3) is 0 Å². The van der Waals surface area contributed by atoms with E-state index in [4.69, 9.17) is 16.3 Å². The molecule has 0 amide bonds. The Kier molecular flexibility index (Phi) is 3.48. The van der Waals surface area contributed by atoms with E-state index in [-0.39, 0.29) is 0 Å². The SMILES string of the molecule is COc1ccc(Cl)c(NCc2cn3ccccc3n2)c1. The second-order valence-electron chi connectivity index (χ2n) is 4.40. The highest BCUT2D eigenvalue weighted by Gasteiger charge is 2.04. The number of methoxy groups -OCH3 is 1. The molecule has 4 nitrogen and oxygen atoms in total. The Balaban J connectivity index is 1.79. The van der Waals surface area contributed by atoms with Crippen molar-refractivity contribution in [3.05, 3.63) is 59.5 Å². The van der Waals surface area contributed by atoms with E-state index in [1.54, 1.807) is 7.11 Å². The van der Waals surface area contributed by atoms with Gasteiger partial charge in [0.15, 0.2) is 0 Å². The van der Waals surface area contributed by atoms with Gasteiger partial charge in [-0.3, -0.25) is 0 Å². The van der Waals surface area contributed by atoms with Gasteiger partial charge in [0.05, 0.1) is 30.1 Å². The van der Waals surface area contributed by atoms with Crippen molar-refractivity contribution < 1.29 is 4.74 Å². The van der Waals surface area contributed by atoms with Crippen LogP contribution in [-0.2, 0) is 6.54 Å². The zero-order valence-corrected chi connectivity index (χ0v) is 11.8. The fourth-order valence-corrected chi connectivity index (χ4v) is 2.21. The second-order valence-corrected chi connectivity index (χ2v) is 4.80. The molecule has 0 unspecified atom stereocenters. The van der Waals surface area contributed by atoms with Gasteiger partial charge in [0, 0.05) is 18.5 Å². The summed E-state index contributed by atoms with van der Waals surface area (Å²) in [6.45, 7) is 0.606. The maximum atomic E-state index is 6.15. The Morgan fingerprint density at radius 3 is 3.00 bits per heavy atom. The number of rotatable bonds is 4. The number of hydrogen-bond donors (Lipinski definition) is 1. The van der Waals surface area contributed by atoms with Crippen molar-refractivity contribution in [2.24, 2.45) is 0 Å². The zero-order chi connectivity index (χ0) is 13.9. The van der Waals surface area contributed by atoms with E-state index < -0.39 is 0 Å². The van der Waals surface area contributed by atoms with Gasteiger partial charge in [-0.05, 0) is 24.3 Å². The zero-order valence-electron chi connectivity index (χ0n) is 11.0. The molecule has 0 fully saturated rings. The van der Waals surface area contributed by atoms with E-state index in [0.29, 0.717) is 11.6 Å². The number of anilines is 1. The van der Waals surface area contributed by atoms with E-state index in [2.05, 4.69) is 10.3 Å². The number of nitrogens with zero attached hydrogens (tertiary/aromatic N) is 2. The van der Waals surface area contributed by atoms with Gasteiger partial charge in [-0.25, -0.2) is 4.98 Å². The summed E-state index contributed by atoms with van der Waals surface area (Å²) in [5, 5.41) is 3.94. The number of pyridine rings is 1. The van der Waals surface area contributed by atoms with E-state index in [1.165, 1.54) is 0 Å². The highest BCUT2D eigenvalue weighted by Crippen LogP contribution is 2.27. The van der Waals surface area contributed by atoms with E-state index in [1.807, 2.05) is 53.2 Å². The summed E-state index contributed by atoms with van der Waals surface area (Å²) in [7, 11) is 1.63. The molecule has 20 heavy (non-hydrogen) atoms. The minimum absolute atomic E-state index is 0.606. The number of aromatic nitrogens is 2. The van der Waals surface area contributed by atoms with Crippen molar-refractivity contribution in [2.75, 3.05) is 12.4 Å². The molecule has 3 aromatic rings. The quantitative estimate of drug-likeness (QED) is 0.797. The van der Waals surface area contributed by atoms with Crippen LogP contribution >= 0.6 is 11.6 Å². The Labute approximate surface area is 122 Å². The number of halogens is 1. The summed E-state index contributed by atoms with van der Waals surface area (Å²) in [5.74, 6) is 0.770. The molecule has 0 saturated heterocycles. The lowest BCUT2D eigenvalue weighted by molar-refractivity contribution is 0.415. The van der Waals surface area contributed by atoms with Crippen molar-refractivity contribution in [3.63, 3.8) is 0 Å². The highest BCUT2D eigenvalue weighted by atomic mass is 35.5. The summed E-state index contributed by atoms with van der Waals surface area (Å²) in [6.07, 6.45) is 3.97. The van der Waals surface area contributed by atoms with Crippen LogP contribution in [0.5, 0.6) is 5.75 Å². The molecule has 102 valence electrons. The second kappa shape index (κ2) is 5.43. The molecule has 0 bridgehead atoms. The molecule has 3 rings (SSSR count). The van der Waals surface area contributed by atoms with Crippen molar-refractivity contribution in [3.8, 4) is 5.75 Å². The number of fused-ring (bicyclic) bond motifs is 1. The molecule has 2 heterocycles. The minimum Gasteiger partial charge on any atom is -0.497 e. The Bertz CT molecular complexity index is 706. The van der Waals surface area contributed by atoms with Crippen LogP contribution in [0.3, 0.4) is 0 Å². The maximum Gasteiger partial charge on any atom is 0.137 e. The van der Waals surface area contributed by atoms with Gasteiger partial charge in [-0.15, -0.1) is 0 Å². The monoisotopic (exact) mass is 287 g/mol. The van der Waals surface area contributed by atoms with Crippen molar-refractivity contribution in [2.45, 2.75) is 6.54 Å². The Morgan fingerprint density at radius 1 is 1.30 bits per heavy atom. The molecular weight excluding hydrogens is 274 g/mol. The molecule has 1 aromatic carbocycles. The van der Waals surface area contributed by atoms with Gasteiger partial charge in [-0.1, -0.05) is 17.7 Å². The predicted molar refractivity (Wildman–Crippen MR) is 80.5 cm³/mol. The van der Waals surface area contributed by atoms with Crippen LogP contribution in [0.15, 0.2) is 48.8 Å². The summed E-state index contributed by atoms with van der Waals surface area (Å²) in [4.78, 5) is 4.53. The van der Waals surface area contributed by atoms with Crippen LogP contribution in [0.1, 0.15) is 5.69 Å². The van der Waals surface area contributed by atoms with Gasteiger partial charge < -0.3 is 14.5 Å². The summed E-state index contributed by atoms with van der Waals surface area (Å²) in [6, 6.07) is 11.4. The molecule has 1 N–H and O–H groups in total. The fourth-order valence-electron chi connectivity index (χ4n) is 2.02. The molecule has 2 aromatic heterocycles. The van der Waals surface area contributed by atoms with Gasteiger partial charge >= 0.3 is 0 Å². The third-order valence-corrected chi connectivity index (χ3v) is 3.38. The Morgan fingerprint density at radius 2 is 2.20 bits per heavy atom. The molecule has 0 spiro atoms. The summed E-state index contributed by atoms with van der Waals surface area (Å²) >= 11 is 6.15. The Hall–Kier alpha value is -2.20. The van der Waals surface area contributed by atoms with Gasteiger partial charge in [0.2, 0.25) is 0 Å². The van der Waals surface area contributed by atoms with Crippen LogP contribution in [0.4, 0.5) is 5.69 Å². The molecule has 0 saturated carbocycles. The molecule has 0 aliphatic rings. The fraction of sp³-hybridized carbons (Fsp3) is 0.133. The number of hydrogen-bond acceptors (Lipinski definition) is 3. The lowest BCUT2D eigenvalue weighted by Gasteiger charge is -2.08. The molecule has 0 atom stereocenters. The van der Waals surface area contributed by atoms with Crippen LogP contribution in [-0.4, -0.2) is 16.5 Å². The average molecular weight is 288 g/mol. The van der Waals surface area contributed by atoms with Crippen LogP contribution in [0.25, 0.3) is 5.65 Å². The number of imidazole rings is 1. The molecule has 0 aliphatic carbocycles. The first-order valence-corrected chi connectivity index (χ1v) is 6.64. The van der Waals surface area contributed by atoms with Crippen molar-refractivity contribution in [1.29, 1.82) is 0 Å². The largest absolute Gasteiger partial charge is 0.497 e. The number of nitrogens with one attached hydrogen (secondary N) is 1. The maximum absolute atomic E-state index is 6.15. The first-order valence-electron chi connectivity index (χ1n) is 6.26. The van der Waals surface area contributed by atoms with E-state index in [9.17, 15) is 0 Å². The molecule has 0 aliphatic heterocycles. The lowest BCUT2D eigenvalue weighted by atomic mass is 10.3. The first kappa shape index (κ1) is 12.8. The third kappa shape index (κ3) is 2.56. The highest BCUT2D eigenvalue weighted by molar-refractivity contribution is 6.33. The molecular formula is C15H14ClN3O. The van der Waals surface area contributed by atoms with Gasteiger partial charge in [-0.2, -0.15) is 0 Å². The van der Waals surface area contributed by atoms with Gasteiger partial charge in [0.1, 0.15) is 11.4 Å². The number of benzene rings is 1. The smallest absolute Gasteiger partial charge is 0.137 e. The first-order chi connectivity index (χ1) is 9.76. The third-order valence-electron chi connectivity index (χ3n) is 3.05. The van der Waals surface area contributed by atoms with Crippen molar-refractivity contribution in [1.82, 2.24) is 9.38 Å². The summed E-state index contributed by atoms with van der Waals surface area (Å²) in [5.41, 5.74) is 2.72. The predicted octanol–water partition coefficient (Wildman–Crippen LogP) is 3.61. The minimum atomic E-state index is 0.606. The van der Waals surface area contributed by atoms with Crippen molar-refractivity contribution >= 4 is 22.9 Å². The standard InChI is InChI=1S/C15H14ClN3O/c1-20-12-5-6-13(16)14(8-12)17-9-11-10-19-7-3-2-4-15(19)18-11/h2-8,10,17H,9H2,1H3. The summed E-state index contributed by atoms with van der Waals surface area (Å²) < 4.78 is 7.18. The topological polar surface area (TPSA) is 38.6 Å². The molecule has 5 heteroatoms.